The third-order valence-corrected chi connectivity index (χ3v) is 6.96. The van der Waals surface area contributed by atoms with Crippen LogP contribution >= 0.6 is 0 Å². The summed E-state index contributed by atoms with van der Waals surface area (Å²) in [6.45, 7) is 0. The maximum atomic E-state index is 9.86. The second-order valence-electron chi connectivity index (χ2n) is 8.65. The molecule has 174 valence electrons. The molecule has 0 atom stereocenters. The third-order valence-electron chi connectivity index (χ3n) is 6.96. The number of fused-ring (bicyclic) bond motifs is 10. The minimum absolute atomic E-state index is 0.122. The van der Waals surface area contributed by atoms with Crippen LogP contribution in [-0.4, -0.2) is 39.0 Å². The predicted octanol–water partition coefficient (Wildman–Crippen LogP) is 2.70. The molecule has 7 rings (SSSR count). The third kappa shape index (κ3) is 2.29. The summed E-state index contributed by atoms with van der Waals surface area (Å²) < 4.78 is 3.57. The molecule has 0 aliphatic heterocycles. The van der Waals surface area contributed by atoms with Gasteiger partial charge in [0.2, 0.25) is 0 Å². The zero-order valence-corrected chi connectivity index (χ0v) is 19.7. The van der Waals surface area contributed by atoms with E-state index in [2.05, 4.69) is 19.9 Å². The molecule has 12 nitrogen and oxygen atoms in total. The van der Waals surface area contributed by atoms with Gasteiger partial charge in [0.15, 0.2) is 0 Å². The number of aromatic nitrogens is 8. The van der Waals surface area contributed by atoms with Gasteiger partial charge in [-0.25, -0.2) is 29.9 Å². The van der Waals surface area contributed by atoms with E-state index in [4.69, 9.17) is 9.97 Å². The summed E-state index contributed by atoms with van der Waals surface area (Å²) in [6, 6.07) is 7.98. The Hall–Kier alpha value is -6.24. The number of aryl methyl sites for hydroxylation is 2. The standard InChI is InChI=1S/C26H10N12/c1-37-23-15(11(3-27)4-28)19-21(17(23)13-7-31-9-33-25(13)37)36-20-16(12(5-29)6-30)24-18(22(20)35-19)14-8-32-10-34-26(14)38(24)2/h7-10H,1-2H3. The summed E-state index contributed by atoms with van der Waals surface area (Å²) in [5.41, 5.74) is 5.58. The quantitative estimate of drug-likeness (QED) is 0.286. The van der Waals surface area contributed by atoms with Crippen molar-refractivity contribution in [1.82, 2.24) is 39.0 Å². The van der Waals surface area contributed by atoms with Crippen molar-refractivity contribution in [3.8, 4) is 46.8 Å². The van der Waals surface area contributed by atoms with E-state index >= 15 is 0 Å². The van der Waals surface area contributed by atoms with Crippen LogP contribution in [0.2, 0.25) is 0 Å². The average molecular weight is 490 g/mol. The Kier molecular flexibility index (Phi) is 3.96. The molecule has 5 aromatic heterocycles. The minimum Gasteiger partial charge on any atom is -0.328 e. The van der Waals surface area contributed by atoms with Crippen LogP contribution in [0, 0.1) is 45.3 Å². The van der Waals surface area contributed by atoms with Crippen molar-refractivity contribution in [2.75, 3.05) is 0 Å². The van der Waals surface area contributed by atoms with Crippen molar-refractivity contribution in [3.63, 3.8) is 0 Å². The molecule has 0 amide bonds. The fraction of sp³-hybridized carbons (Fsp3) is 0.0769. The summed E-state index contributed by atoms with van der Waals surface area (Å²) in [5.74, 6) is 0. The Morgan fingerprint density at radius 3 is 1.39 bits per heavy atom. The summed E-state index contributed by atoms with van der Waals surface area (Å²) in [6.07, 6.45) is 6.13. The number of hydrogen-bond donors (Lipinski definition) is 0. The maximum Gasteiger partial charge on any atom is 0.144 e. The van der Waals surface area contributed by atoms with Crippen molar-refractivity contribution < 1.29 is 0 Å². The van der Waals surface area contributed by atoms with E-state index in [1.165, 1.54) is 12.7 Å². The Labute approximate surface area is 213 Å². The highest BCUT2D eigenvalue weighted by Crippen LogP contribution is 2.53. The van der Waals surface area contributed by atoms with E-state index in [1.807, 2.05) is 24.3 Å². The van der Waals surface area contributed by atoms with Gasteiger partial charge in [0.05, 0.1) is 22.5 Å². The number of nitriles is 4. The van der Waals surface area contributed by atoms with E-state index in [1.54, 1.807) is 35.6 Å². The first-order valence-electron chi connectivity index (χ1n) is 11.2. The number of rotatable bonds is 0. The molecule has 12 heteroatoms. The SMILES string of the molecule is Cn1c2c(c3cncnc31)-c1nc3c(nc1C2=C(C#N)C#N)-c1c(n(C)c2ncncc12)C3=C(C#N)C#N. The van der Waals surface area contributed by atoms with E-state index in [0.29, 0.717) is 78.5 Å². The van der Waals surface area contributed by atoms with Crippen LogP contribution in [0.3, 0.4) is 0 Å². The van der Waals surface area contributed by atoms with Crippen LogP contribution in [-0.2, 0) is 14.1 Å². The fourth-order valence-corrected chi connectivity index (χ4v) is 5.50. The van der Waals surface area contributed by atoms with Gasteiger partial charge in [0.1, 0.15) is 82.1 Å². The van der Waals surface area contributed by atoms with E-state index in [9.17, 15) is 21.0 Å². The zero-order valence-electron chi connectivity index (χ0n) is 19.7. The first-order chi connectivity index (χ1) is 18.5. The average Bonchev–Trinajstić information content (AvgIpc) is 3.63. The second kappa shape index (κ2) is 7.14. The highest BCUT2D eigenvalue weighted by Gasteiger charge is 2.41. The van der Waals surface area contributed by atoms with E-state index in [0.717, 1.165) is 0 Å². The molecule has 0 unspecified atom stereocenters. The lowest BCUT2D eigenvalue weighted by Gasteiger charge is -2.09. The van der Waals surface area contributed by atoms with E-state index in [-0.39, 0.29) is 11.1 Å². The van der Waals surface area contributed by atoms with Crippen molar-refractivity contribution in [1.29, 1.82) is 21.0 Å². The molecule has 2 aliphatic carbocycles. The lowest BCUT2D eigenvalue weighted by atomic mass is 10.1. The Morgan fingerprint density at radius 1 is 0.632 bits per heavy atom. The maximum absolute atomic E-state index is 9.86. The summed E-state index contributed by atoms with van der Waals surface area (Å²) in [5, 5.41) is 40.8. The molecule has 38 heavy (non-hydrogen) atoms. The summed E-state index contributed by atoms with van der Waals surface area (Å²) in [7, 11) is 3.57. The van der Waals surface area contributed by atoms with Crippen LogP contribution in [0.4, 0.5) is 0 Å². The Morgan fingerprint density at radius 2 is 1.03 bits per heavy atom. The molecule has 0 saturated heterocycles. The van der Waals surface area contributed by atoms with E-state index < -0.39 is 0 Å². The van der Waals surface area contributed by atoms with Crippen molar-refractivity contribution in [3.05, 3.63) is 59.0 Å². The number of nitrogens with zero attached hydrogens (tertiary/aromatic N) is 12. The van der Waals surface area contributed by atoms with Crippen molar-refractivity contribution in [2.45, 2.75) is 0 Å². The predicted molar refractivity (Wildman–Crippen MR) is 132 cm³/mol. The van der Waals surface area contributed by atoms with Crippen LogP contribution in [0.15, 0.2) is 36.2 Å². The Bertz CT molecular complexity index is 2010. The first-order valence-corrected chi connectivity index (χ1v) is 11.2. The molecule has 0 bridgehead atoms. The summed E-state index contributed by atoms with van der Waals surface area (Å²) >= 11 is 0. The molecule has 5 heterocycles. The van der Waals surface area contributed by atoms with Gasteiger partial charge in [0.25, 0.3) is 0 Å². The number of allylic oxidation sites excluding steroid dienone is 2. The molecule has 0 N–H and O–H groups in total. The topological polar surface area (TPSA) is 182 Å². The molecular formula is C26H10N12. The van der Waals surface area contributed by atoms with Crippen molar-refractivity contribution >= 4 is 33.2 Å². The van der Waals surface area contributed by atoms with Gasteiger partial charge in [-0.2, -0.15) is 21.0 Å². The van der Waals surface area contributed by atoms with Crippen molar-refractivity contribution in [2.24, 2.45) is 14.1 Å². The zero-order chi connectivity index (χ0) is 26.3. The minimum atomic E-state index is -0.122. The number of hydrogen-bond acceptors (Lipinski definition) is 10. The largest absolute Gasteiger partial charge is 0.328 e. The van der Waals surface area contributed by atoms with Gasteiger partial charge in [-0.05, 0) is 0 Å². The second-order valence-corrected chi connectivity index (χ2v) is 8.65. The smallest absolute Gasteiger partial charge is 0.144 e. The van der Waals surface area contributed by atoms with Gasteiger partial charge in [-0.15, -0.1) is 0 Å². The van der Waals surface area contributed by atoms with Crippen LogP contribution in [0.25, 0.3) is 55.7 Å². The van der Waals surface area contributed by atoms with Gasteiger partial charge < -0.3 is 9.13 Å². The molecular weight excluding hydrogens is 480 g/mol. The van der Waals surface area contributed by atoms with Gasteiger partial charge in [-0.1, -0.05) is 0 Å². The highest BCUT2D eigenvalue weighted by atomic mass is 15.1. The van der Waals surface area contributed by atoms with Crippen LogP contribution < -0.4 is 0 Å². The van der Waals surface area contributed by atoms with Crippen LogP contribution in [0.1, 0.15) is 22.8 Å². The molecule has 0 fully saturated rings. The van der Waals surface area contributed by atoms with Gasteiger partial charge in [-0.3, -0.25) is 0 Å². The molecule has 5 aromatic rings. The molecule has 2 aliphatic rings. The van der Waals surface area contributed by atoms with Gasteiger partial charge >= 0.3 is 0 Å². The summed E-state index contributed by atoms with van der Waals surface area (Å²) in [4.78, 5) is 27.0. The Balaban J connectivity index is 1.70. The molecule has 0 radical (unpaired) electrons. The normalized spacial score (nSPS) is 12.3. The highest BCUT2D eigenvalue weighted by molar-refractivity contribution is 6.14. The first kappa shape index (κ1) is 21.1. The van der Waals surface area contributed by atoms with Gasteiger partial charge in [0, 0.05) is 48.4 Å². The lowest BCUT2D eigenvalue weighted by Crippen LogP contribution is -2.03. The molecule has 0 aromatic carbocycles. The molecule has 0 saturated carbocycles. The fourth-order valence-electron chi connectivity index (χ4n) is 5.50. The monoisotopic (exact) mass is 490 g/mol. The lowest BCUT2D eigenvalue weighted by molar-refractivity contribution is 0.927. The molecule has 0 spiro atoms. The van der Waals surface area contributed by atoms with Crippen LogP contribution in [0.5, 0.6) is 0 Å².